The molecule has 3 aromatic rings. The molecule has 2 bridgehead atoms. The smallest absolute Gasteiger partial charge is 0.416 e. The van der Waals surface area contributed by atoms with Crippen molar-refractivity contribution in [3.8, 4) is 17.0 Å². The quantitative estimate of drug-likeness (QED) is 0.705. The van der Waals surface area contributed by atoms with Crippen LogP contribution in [0.4, 0.5) is 13.2 Å². The van der Waals surface area contributed by atoms with Crippen molar-refractivity contribution < 1.29 is 23.0 Å². The van der Waals surface area contributed by atoms with Crippen LogP contribution in [-0.2, 0) is 16.5 Å². The molecule has 146 valence electrons. The molecule has 28 heavy (non-hydrogen) atoms. The zero-order valence-corrected chi connectivity index (χ0v) is 15.1. The van der Waals surface area contributed by atoms with E-state index in [1.54, 1.807) is 6.07 Å². The Bertz CT molecular complexity index is 1060. The number of aromatic hydroxyl groups is 1. The second-order valence-corrected chi connectivity index (χ2v) is 7.77. The molecule has 1 aliphatic heterocycles. The fourth-order valence-electron chi connectivity index (χ4n) is 4.43. The molecule has 1 saturated heterocycles. The van der Waals surface area contributed by atoms with Crippen molar-refractivity contribution in [1.82, 2.24) is 14.8 Å². The zero-order valence-electron chi connectivity index (χ0n) is 15.1. The van der Waals surface area contributed by atoms with Gasteiger partial charge in [0, 0.05) is 23.6 Å². The predicted octanol–water partition coefficient (Wildman–Crippen LogP) is 4.41. The van der Waals surface area contributed by atoms with Crippen LogP contribution in [0.2, 0.25) is 0 Å². The van der Waals surface area contributed by atoms with Gasteiger partial charge in [0.15, 0.2) is 5.65 Å². The lowest BCUT2D eigenvalue weighted by atomic mass is 10.00. The average molecular weight is 389 g/mol. The molecular weight excluding hydrogens is 371 g/mol. The van der Waals surface area contributed by atoms with Crippen LogP contribution in [0.15, 0.2) is 30.5 Å². The molecule has 2 fully saturated rings. The SMILES string of the molecule is Cc1cc(C(F)(F)F)cc(O)c1-c1ccc2cn(C34CCC(C3)OC4)nc2n1. The van der Waals surface area contributed by atoms with E-state index in [0.29, 0.717) is 29.6 Å². The average Bonchev–Trinajstić information content (AvgIpc) is 3.34. The third-order valence-corrected chi connectivity index (χ3v) is 5.88. The van der Waals surface area contributed by atoms with E-state index in [9.17, 15) is 18.3 Å². The summed E-state index contributed by atoms with van der Waals surface area (Å²) in [5, 5.41) is 15.7. The van der Waals surface area contributed by atoms with Crippen molar-refractivity contribution in [1.29, 1.82) is 0 Å². The van der Waals surface area contributed by atoms with Crippen LogP contribution in [0.1, 0.15) is 30.4 Å². The van der Waals surface area contributed by atoms with Crippen molar-refractivity contribution in [3.63, 3.8) is 0 Å². The molecule has 2 aliphatic rings. The molecule has 0 spiro atoms. The van der Waals surface area contributed by atoms with Gasteiger partial charge in [-0.25, -0.2) is 4.98 Å². The Kier molecular flexibility index (Phi) is 3.56. The summed E-state index contributed by atoms with van der Waals surface area (Å²) in [5.41, 5.74) is 0.477. The number of phenolic OH excluding ortho intramolecular Hbond substituents is 1. The summed E-state index contributed by atoms with van der Waals surface area (Å²) in [6.07, 6.45) is 0.696. The monoisotopic (exact) mass is 389 g/mol. The van der Waals surface area contributed by atoms with Crippen molar-refractivity contribution in [2.24, 2.45) is 0 Å². The maximum Gasteiger partial charge on any atom is 0.416 e. The van der Waals surface area contributed by atoms with Gasteiger partial charge in [-0.3, -0.25) is 4.68 Å². The highest BCUT2D eigenvalue weighted by Gasteiger charge is 2.48. The number of aromatic nitrogens is 3. The maximum atomic E-state index is 13.0. The zero-order chi connectivity index (χ0) is 19.7. The normalized spacial score (nSPS) is 24.4. The highest BCUT2D eigenvalue weighted by atomic mass is 19.4. The third-order valence-electron chi connectivity index (χ3n) is 5.88. The van der Waals surface area contributed by atoms with Gasteiger partial charge in [0.25, 0.3) is 0 Å². The minimum atomic E-state index is -4.52. The fourth-order valence-corrected chi connectivity index (χ4v) is 4.43. The van der Waals surface area contributed by atoms with E-state index in [1.807, 2.05) is 16.9 Å². The second-order valence-electron chi connectivity index (χ2n) is 7.77. The lowest BCUT2D eigenvalue weighted by Gasteiger charge is -2.25. The van der Waals surface area contributed by atoms with Crippen LogP contribution in [0.5, 0.6) is 5.75 Å². The van der Waals surface area contributed by atoms with Crippen LogP contribution in [-0.4, -0.2) is 32.6 Å². The van der Waals surface area contributed by atoms with Crippen LogP contribution in [0, 0.1) is 6.92 Å². The molecule has 2 atom stereocenters. The highest BCUT2D eigenvalue weighted by molar-refractivity contribution is 5.80. The van der Waals surface area contributed by atoms with Crippen LogP contribution in [0.3, 0.4) is 0 Å². The summed E-state index contributed by atoms with van der Waals surface area (Å²) >= 11 is 0. The highest BCUT2D eigenvalue weighted by Crippen LogP contribution is 2.45. The van der Waals surface area contributed by atoms with E-state index in [0.717, 1.165) is 36.8 Å². The largest absolute Gasteiger partial charge is 0.507 e. The first kappa shape index (κ1) is 17.5. The number of nitrogens with zero attached hydrogens (tertiary/aromatic N) is 3. The first-order chi connectivity index (χ1) is 13.2. The lowest BCUT2D eigenvalue weighted by Crippen LogP contribution is -2.33. The van der Waals surface area contributed by atoms with Crippen LogP contribution < -0.4 is 0 Å². The molecule has 1 saturated carbocycles. The van der Waals surface area contributed by atoms with Gasteiger partial charge in [-0.1, -0.05) is 0 Å². The number of pyridine rings is 1. The Hall–Kier alpha value is -2.61. The van der Waals surface area contributed by atoms with Crippen molar-refractivity contribution >= 4 is 11.0 Å². The second kappa shape index (κ2) is 5.70. The number of alkyl halides is 3. The van der Waals surface area contributed by atoms with Crippen molar-refractivity contribution in [3.05, 3.63) is 41.6 Å². The molecule has 3 heterocycles. The van der Waals surface area contributed by atoms with E-state index >= 15 is 0 Å². The van der Waals surface area contributed by atoms with Crippen molar-refractivity contribution in [2.45, 2.75) is 44.0 Å². The molecule has 1 aliphatic carbocycles. The molecule has 5 nitrogen and oxygen atoms in total. The summed E-state index contributed by atoms with van der Waals surface area (Å²) < 4.78 is 46.6. The fraction of sp³-hybridized carbons (Fsp3) is 0.400. The molecule has 1 aromatic carbocycles. The Morgan fingerprint density at radius 3 is 2.71 bits per heavy atom. The summed E-state index contributed by atoms with van der Waals surface area (Å²) in [6.45, 7) is 2.17. The summed E-state index contributed by atoms with van der Waals surface area (Å²) in [5.74, 6) is -0.444. The lowest BCUT2D eigenvalue weighted by molar-refractivity contribution is -0.137. The molecule has 0 amide bonds. The Morgan fingerprint density at radius 1 is 1.29 bits per heavy atom. The van der Waals surface area contributed by atoms with Crippen molar-refractivity contribution in [2.75, 3.05) is 6.61 Å². The summed E-state index contributed by atoms with van der Waals surface area (Å²) in [4.78, 5) is 4.52. The summed E-state index contributed by atoms with van der Waals surface area (Å²) in [6, 6.07) is 5.29. The molecule has 5 rings (SSSR count). The number of hydrogen-bond acceptors (Lipinski definition) is 4. The molecule has 1 N–H and O–H groups in total. The molecule has 8 heteroatoms. The topological polar surface area (TPSA) is 60.2 Å². The first-order valence-corrected chi connectivity index (χ1v) is 9.15. The van der Waals surface area contributed by atoms with E-state index in [1.165, 1.54) is 6.92 Å². The standard InChI is InChI=1S/C20H18F3N3O2/c1-11-6-13(20(21,22)23)7-16(27)17(11)15-3-2-12-9-26(25-18(12)24-15)19-5-4-14(8-19)28-10-19/h2-3,6-7,9,14,27H,4-5,8,10H2,1H3. The molecule has 2 unspecified atom stereocenters. The Morgan fingerprint density at radius 2 is 2.11 bits per heavy atom. The van der Waals surface area contributed by atoms with E-state index in [2.05, 4.69) is 10.1 Å². The van der Waals surface area contributed by atoms with E-state index in [4.69, 9.17) is 4.74 Å². The van der Waals surface area contributed by atoms with Gasteiger partial charge < -0.3 is 9.84 Å². The molecule has 2 aromatic heterocycles. The predicted molar refractivity (Wildman–Crippen MR) is 95.9 cm³/mol. The summed E-state index contributed by atoms with van der Waals surface area (Å²) in [7, 11) is 0. The van der Waals surface area contributed by atoms with Gasteiger partial charge in [0.05, 0.1) is 29.5 Å². The number of rotatable bonds is 2. The molecular formula is C20H18F3N3O2. The number of fused-ring (bicyclic) bond motifs is 3. The number of benzene rings is 1. The van der Waals surface area contributed by atoms with Gasteiger partial charge in [0.1, 0.15) is 5.75 Å². The van der Waals surface area contributed by atoms with Gasteiger partial charge in [-0.2, -0.15) is 18.3 Å². The molecule has 0 radical (unpaired) electrons. The number of aryl methyl sites for hydroxylation is 1. The Labute approximate surface area is 158 Å². The Balaban J connectivity index is 1.57. The third kappa shape index (κ3) is 2.58. The van der Waals surface area contributed by atoms with Gasteiger partial charge >= 0.3 is 6.18 Å². The number of ether oxygens (including phenoxy) is 1. The van der Waals surface area contributed by atoms with E-state index in [-0.39, 0.29) is 11.1 Å². The number of phenols is 1. The van der Waals surface area contributed by atoms with E-state index < -0.39 is 17.5 Å². The number of halogens is 3. The van der Waals surface area contributed by atoms with Crippen LogP contribution >= 0.6 is 0 Å². The van der Waals surface area contributed by atoms with Gasteiger partial charge in [-0.05, 0) is 49.6 Å². The maximum absolute atomic E-state index is 13.0. The number of hydrogen-bond donors (Lipinski definition) is 1. The minimum absolute atomic E-state index is 0.127. The van der Waals surface area contributed by atoms with Crippen LogP contribution in [0.25, 0.3) is 22.3 Å². The minimum Gasteiger partial charge on any atom is -0.507 e. The van der Waals surface area contributed by atoms with Gasteiger partial charge in [-0.15, -0.1) is 0 Å². The first-order valence-electron chi connectivity index (χ1n) is 9.15. The van der Waals surface area contributed by atoms with Gasteiger partial charge in [0.2, 0.25) is 0 Å².